The van der Waals surface area contributed by atoms with Gasteiger partial charge in [-0.05, 0) is 36.3 Å². The second-order valence-electron chi connectivity index (χ2n) is 5.48. The molecule has 1 aromatic heterocycles. The van der Waals surface area contributed by atoms with Crippen molar-refractivity contribution in [2.24, 2.45) is 0 Å². The summed E-state index contributed by atoms with van der Waals surface area (Å²) in [4.78, 5) is 26.5. The van der Waals surface area contributed by atoms with Gasteiger partial charge in [-0.15, -0.1) is 5.73 Å². The molecule has 0 fully saturated rings. The molecule has 25 heavy (non-hydrogen) atoms. The van der Waals surface area contributed by atoms with Crippen molar-refractivity contribution >= 4 is 12.2 Å². The van der Waals surface area contributed by atoms with Gasteiger partial charge in [0.15, 0.2) is 0 Å². The number of hydrogen-bond acceptors (Lipinski definition) is 3. The minimum atomic E-state index is -0.694. The highest BCUT2D eigenvalue weighted by atomic mass is 16.3. The Kier molecular flexibility index (Phi) is 4.50. The molecule has 2 N–H and O–H groups in total. The highest BCUT2D eigenvalue weighted by Gasteiger charge is 2.14. The zero-order chi connectivity index (χ0) is 17.8. The molecule has 0 unspecified atom stereocenters. The van der Waals surface area contributed by atoms with Crippen molar-refractivity contribution in [3.63, 3.8) is 0 Å². The van der Waals surface area contributed by atoms with Gasteiger partial charge in [0.2, 0.25) is 5.88 Å². The van der Waals surface area contributed by atoms with E-state index in [0.717, 1.165) is 15.7 Å². The molecule has 0 saturated heterocycles. The Morgan fingerprint density at radius 3 is 2.40 bits per heavy atom. The number of hydrogen-bond donors (Lipinski definition) is 2. The van der Waals surface area contributed by atoms with Crippen molar-refractivity contribution in [2.45, 2.75) is 6.92 Å². The molecule has 0 aliphatic heterocycles. The van der Waals surface area contributed by atoms with Gasteiger partial charge in [0.25, 0.3) is 5.56 Å². The molecule has 0 saturated carbocycles. The molecule has 5 heteroatoms. The van der Waals surface area contributed by atoms with E-state index in [4.69, 9.17) is 0 Å². The van der Waals surface area contributed by atoms with Crippen LogP contribution in [-0.2, 0) is 0 Å². The molecule has 1 heterocycles. The molecule has 0 bridgehead atoms. The molecular weight excluding hydrogens is 316 g/mol. The van der Waals surface area contributed by atoms with Crippen LogP contribution in [0.15, 0.2) is 69.9 Å². The number of aromatic nitrogens is 2. The first-order valence-electron chi connectivity index (χ1n) is 7.70. The summed E-state index contributed by atoms with van der Waals surface area (Å²) in [7, 11) is 0. The van der Waals surface area contributed by atoms with Crippen LogP contribution in [0.1, 0.15) is 16.7 Å². The van der Waals surface area contributed by atoms with Gasteiger partial charge in [-0.25, -0.2) is 9.36 Å². The third kappa shape index (κ3) is 3.37. The summed E-state index contributed by atoms with van der Waals surface area (Å²) in [5.74, 6) is -0.419. The SMILES string of the molecule is Cc1ccccc1-n1c(O)c(C=C=Cc2ccccc2)c(=O)[nH]c1=O. The number of para-hydroxylation sites is 1. The van der Waals surface area contributed by atoms with Crippen LogP contribution in [-0.4, -0.2) is 14.7 Å². The summed E-state index contributed by atoms with van der Waals surface area (Å²) >= 11 is 0. The lowest BCUT2D eigenvalue weighted by Gasteiger charge is -2.11. The monoisotopic (exact) mass is 332 g/mol. The van der Waals surface area contributed by atoms with Crippen molar-refractivity contribution in [1.29, 1.82) is 0 Å². The standard InChI is InChI=1S/C20H16N2O3/c1-14-8-5-6-13-17(14)22-19(24)16(18(23)21-20(22)25)12-7-11-15-9-3-2-4-10-15/h2-6,8-13,24H,1H3,(H,21,23,25). The highest BCUT2D eigenvalue weighted by molar-refractivity contribution is 5.60. The maximum Gasteiger partial charge on any atom is 0.335 e. The zero-order valence-corrected chi connectivity index (χ0v) is 13.6. The Hall–Kier alpha value is -3.56. The predicted molar refractivity (Wildman–Crippen MR) is 97.9 cm³/mol. The number of aromatic hydroxyl groups is 1. The molecule has 0 spiro atoms. The summed E-state index contributed by atoms with van der Waals surface area (Å²) < 4.78 is 1.08. The van der Waals surface area contributed by atoms with Gasteiger partial charge in [0, 0.05) is 0 Å². The quantitative estimate of drug-likeness (QED) is 0.724. The fraction of sp³-hybridized carbons (Fsp3) is 0.0500. The molecular formula is C20H16N2O3. The van der Waals surface area contributed by atoms with Crippen molar-refractivity contribution in [3.8, 4) is 11.6 Å². The zero-order valence-electron chi connectivity index (χ0n) is 13.6. The van der Waals surface area contributed by atoms with Crippen molar-refractivity contribution < 1.29 is 5.11 Å². The number of benzene rings is 2. The van der Waals surface area contributed by atoms with Crippen molar-refractivity contribution in [3.05, 3.63) is 97.9 Å². The molecule has 0 aliphatic rings. The topological polar surface area (TPSA) is 75.1 Å². The van der Waals surface area contributed by atoms with Gasteiger partial charge >= 0.3 is 5.69 Å². The van der Waals surface area contributed by atoms with Gasteiger partial charge in [0.05, 0.1) is 5.69 Å². The van der Waals surface area contributed by atoms with Gasteiger partial charge in [-0.2, -0.15) is 0 Å². The number of rotatable bonds is 3. The Labute approximate surface area is 143 Å². The normalized spacial score (nSPS) is 10.1. The second kappa shape index (κ2) is 6.91. The lowest BCUT2D eigenvalue weighted by Crippen LogP contribution is -2.30. The van der Waals surface area contributed by atoms with Crippen LogP contribution in [0.2, 0.25) is 0 Å². The van der Waals surface area contributed by atoms with Gasteiger partial charge in [-0.3, -0.25) is 9.78 Å². The van der Waals surface area contributed by atoms with E-state index in [-0.39, 0.29) is 5.56 Å². The Morgan fingerprint density at radius 1 is 1.00 bits per heavy atom. The van der Waals surface area contributed by atoms with Crippen LogP contribution in [0.4, 0.5) is 0 Å². The number of aromatic amines is 1. The van der Waals surface area contributed by atoms with E-state index in [9.17, 15) is 14.7 Å². The van der Waals surface area contributed by atoms with Crippen LogP contribution in [0.5, 0.6) is 5.88 Å². The maximum atomic E-state index is 12.2. The van der Waals surface area contributed by atoms with E-state index in [1.54, 1.807) is 18.2 Å². The Morgan fingerprint density at radius 2 is 1.68 bits per heavy atom. The lowest BCUT2D eigenvalue weighted by atomic mass is 10.2. The first-order chi connectivity index (χ1) is 12.1. The summed E-state index contributed by atoms with van der Waals surface area (Å²) in [6, 6.07) is 16.5. The predicted octanol–water partition coefficient (Wildman–Crippen LogP) is 2.87. The largest absolute Gasteiger partial charge is 0.494 e. The Balaban J connectivity index is 2.15. The smallest absolute Gasteiger partial charge is 0.335 e. The van der Waals surface area contributed by atoms with E-state index in [2.05, 4.69) is 10.7 Å². The molecule has 3 aromatic rings. The first kappa shape index (κ1) is 16.3. The lowest BCUT2D eigenvalue weighted by molar-refractivity contribution is 0.429. The first-order valence-corrected chi connectivity index (χ1v) is 7.70. The van der Waals surface area contributed by atoms with Crippen LogP contribution in [0.25, 0.3) is 17.8 Å². The van der Waals surface area contributed by atoms with Gasteiger partial charge in [0.1, 0.15) is 5.56 Å². The van der Waals surface area contributed by atoms with Crippen LogP contribution in [0, 0.1) is 6.92 Å². The minimum absolute atomic E-state index is 0.0324. The summed E-state index contributed by atoms with van der Waals surface area (Å²) in [5, 5.41) is 10.5. The second-order valence-corrected chi connectivity index (χ2v) is 5.48. The molecule has 5 nitrogen and oxygen atoms in total. The average Bonchev–Trinajstić information content (AvgIpc) is 2.60. The van der Waals surface area contributed by atoms with E-state index in [0.29, 0.717) is 5.69 Å². The van der Waals surface area contributed by atoms with E-state index in [1.165, 1.54) is 6.08 Å². The number of H-pyrrole nitrogens is 1. The van der Waals surface area contributed by atoms with E-state index in [1.807, 2.05) is 49.4 Å². The fourth-order valence-electron chi connectivity index (χ4n) is 2.48. The molecule has 3 rings (SSSR count). The Bertz CT molecular complexity index is 1090. The highest BCUT2D eigenvalue weighted by Crippen LogP contribution is 2.19. The number of nitrogens with one attached hydrogen (secondary N) is 1. The summed E-state index contributed by atoms with van der Waals surface area (Å²) in [5.41, 5.74) is 3.68. The summed E-state index contributed by atoms with van der Waals surface area (Å²) in [6.07, 6.45) is 3.04. The van der Waals surface area contributed by atoms with E-state index >= 15 is 0 Å². The summed E-state index contributed by atoms with van der Waals surface area (Å²) in [6.45, 7) is 1.82. The average molecular weight is 332 g/mol. The number of aryl methyl sites for hydroxylation is 1. The van der Waals surface area contributed by atoms with Gasteiger partial charge < -0.3 is 5.11 Å². The fourth-order valence-corrected chi connectivity index (χ4v) is 2.48. The third-order valence-electron chi connectivity index (χ3n) is 3.75. The molecule has 0 amide bonds. The minimum Gasteiger partial charge on any atom is -0.494 e. The third-order valence-corrected chi connectivity index (χ3v) is 3.75. The number of nitrogens with zero attached hydrogens (tertiary/aromatic N) is 1. The molecule has 0 radical (unpaired) electrons. The molecule has 2 aromatic carbocycles. The molecule has 124 valence electrons. The van der Waals surface area contributed by atoms with Gasteiger partial charge in [-0.1, -0.05) is 48.5 Å². The van der Waals surface area contributed by atoms with Crippen molar-refractivity contribution in [1.82, 2.24) is 9.55 Å². The van der Waals surface area contributed by atoms with Crippen molar-refractivity contribution in [2.75, 3.05) is 0 Å². The van der Waals surface area contributed by atoms with Crippen LogP contribution < -0.4 is 11.2 Å². The van der Waals surface area contributed by atoms with E-state index < -0.39 is 17.1 Å². The van der Waals surface area contributed by atoms with Crippen LogP contribution >= 0.6 is 0 Å². The molecule has 0 aliphatic carbocycles. The van der Waals surface area contributed by atoms with Crippen LogP contribution in [0.3, 0.4) is 0 Å². The maximum absolute atomic E-state index is 12.2. The molecule has 0 atom stereocenters.